The second-order valence-corrected chi connectivity index (χ2v) is 14.0. The van der Waals surface area contributed by atoms with Crippen molar-refractivity contribution in [3.63, 3.8) is 0 Å². The van der Waals surface area contributed by atoms with Gasteiger partial charge < -0.3 is 16.4 Å². The van der Waals surface area contributed by atoms with Crippen LogP contribution in [0.25, 0.3) is 0 Å². The maximum Gasteiger partial charge on any atom is 0.481 e. The van der Waals surface area contributed by atoms with Gasteiger partial charge in [-0.05, 0) is 26.2 Å². The molecule has 1 heterocycles. The maximum atomic E-state index is 12.6. The summed E-state index contributed by atoms with van der Waals surface area (Å²) in [4.78, 5) is 0. The molecule has 0 saturated carbocycles. The molecule has 0 amide bonds. The number of rotatable bonds is 0. The van der Waals surface area contributed by atoms with Crippen LogP contribution in [0.3, 0.4) is 0 Å². The van der Waals surface area contributed by atoms with Crippen molar-refractivity contribution in [2.75, 3.05) is 0 Å². The summed E-state index contributed by atoms with van der Waals surface area (Å²) in [6.45, 7) is 4.90. The predicted octanol–water partition coefficient (Wildman–Crippen LogP) is 1.75. The first-order valence-corrected chi connectivity index (χ1v) is 11.6. The average Bonchev–Trinajstić information content (AvgIpc) is 1.69. The van der Waals surface area contributed by atoms with E-state index in [1.807, 2.05) is 0 Å². The highest BCUT2D eigenvalue weighted by atomic mass is 32.3. The number of halogens is 3. The number of hydrogen-bond acceptors (Lipinski definition) is 5. The van der Waals surface area contributed by atoms with Gasteiger partial charge in [0.1, 0.15) is 9.91 Å². The molecular formula is C5H12F3O5SSi2-. The van der Waals surface area contributed by atoms with Crippen LogP contribution >= 0.6 is 0 Å². The molecule has 11 heteroatoms. The summed E-state index contributed by atoms with van der Waals surface area (Å²) in [5, 5.41) is 0. The van der Waals surface area contributed by atoms with Gasteiger partial charge in [-0.3, -0.25) is 0 Å². The minimum Gasteiger partial charge on any atom is -0.744 e. The molecule has 0 aromatic rings. The molecule has 5 nitrogen and oxygen atoms in total. The molecule has 0 aliphatic carbocycles. The lowest BCUT2D eigenvalue weighted by atomic mass is 11.6. The summed E-state index contributed by atoms with van der Waals surface area (Å²) >= 11 is 0. The molecule has 0 aromatic heterocycles. The van der Waals surface area contributed by atoms with E-state index in [9.17, 15) is 21.9 Å². The van der Waals surface area contributed by atoms with Crippen molar-refractivity contribution in [2.24, 2.45) is 0 Å². The summed E-state index contributed by atoms with van der Waals surface area (Å²) in [5.41, 5.74) is -5.60. The monoisotopic (exact) mass is 297 g/mol. The van der Waals surface area contributed by atoms with E-state index >= 15 is 0 Å². The molecule has 0 radical (unpaired) electrons. The van der Waals surface area contributed by atoms with Crippen LogP contribution in [0.4, 0.5) is 13.2 Å². The zero-order valence-electron chi connectivity index (χ0n) is 9.08. The highest BCUT2D eigenvalue weighted by Crippen LogP contribution is 2.50. The van der Waals surface area contributed by atoms with E-state index in [0.29, 0.717) is 0 Å². The fourth-order valence-corrected chi connectivity index (χ4v) is 13.8. The Balaban J connectivity index is 3.31. The Morgan fingerprint density at radius 1 is 1.06 bits per heavy atom. The van der Waals surface area contributed by atoms with Crippen LogP contribution in [-0.2, 0) is 21.8 Å². The lowest BCUT2D eigenvalue weighted by molar-refractivity contribution is -0.0815. The van der Waals surface area contributed by atoms with Gasteiger partial charge in [0.2, 0.25) is 0 Å². The normalized spacial score (nSPS) is 33.6. The smallest absolute Gasteiger partial charge is 0.481 e. The SMILES string of the molecule is C[Si]1(C)O[Si](C)(C)OS(=O)([O-])(C(F)(F)F)O1. The summed E-state index contributed by atoms with van der Waals surface area (Å²) in [7, 11) is -13.6. The van der Waals surface area contributed by atoms with Crippen molar-refractivity contribution >= 4 is 27.0 Å². The summed E-state index contributed by atoms with van der Waals surface area (Å²) in [6, 6.07) is 0. The molecule has 1 saturated heterocycles. The maximum absolute atomic E-state index is 12.6. The average molecular weight is 297 g/mol. The summed E-state index contributed by atoms with van der Waals surface area (Å²) in [6.07, 6.45) is 0. The molecule has 0 atom stereocenters. The molecule has 16 heavy (non-hydrogen) atoms. The summed E-state index contributed by atoms with van der Waals surface area (Å²) in [5.74, 6) is 0. The first kappa shape index (κ1) is 14.3. The predicted molar refractivity (Wildman–Crippen MR) is 53.2 cm³/mol. The van der Waals surface area contributed by atoms with Crippen LogP contribution in [-0.4, -0.2) is 31.4 Å². The molecule has 0 N–H and O–H groups in total. The molecule has 98 valence electrons. The standard InChI is InChI=1S/C5H13F3O5SSi2/c1-15(2)11-14(9,10,5(6,7)8)12-16(3,4)13-15/h1-4H3,(H,9,10)/p-1. The van der Waals surface area contributed by atoms with Gasteiger partial charge in [0.15, 0.2) is 0 Å². The van der Waals surface area contributed by atoms with Crippen LogP contribution in [0.1, 0.15) is 0 Å². The van der Waals surface area contributed by atoms with E-state index in [-0.39, 0.29) is 0 Å². The van der Waals surface area contributed by atoms with Crippen LogP contribution < -0.4 is 0 Å². The van der Waals surface area contributed by atoms with Gasteiger partial charge in [-0.25, -0.2) is 4.21 Å². The molecular weight excluding hydrogens is 285 g/mol. The van der Waals surface area contributed by atoms with Crippen molar-refractivity contribution in [1.82, 2.24) is 0 Å². The van der Waals surface area contributed by atoms with E-state index in [0.717, 1.165) is 0 Å². The third-order valence-corrected chi connectivity index (χ3v) is 11.8. The Labute approximate surface area is 93.0 Å². The second kappa shape index (κ2) is 3.15. The number of hydrogen-bond donors (Lipinski definition) is 0. The van der Waals surface area contributed by atoms with Crippen molar-refractivity contribution in [2.45, 2.75) is 31.7 Å². The highest BCUT2D eigenvalue weighted by Gasteiger charge is 2.64. The van der Waals surface area contributed by atoms with E-state index in [1.165, 1.54) is 26.2 Å². The van der Waals surface area contributed by atoms with E-state index < -0.39 is 32.5 Å². The topological polar surface area (TPSA) is 67.8 Å². The summed E-state index contributed by atoms with van der Waals surface area (Å²) < 4.78 is 74.2. The molecule has 1 aliphatic heterocycles. The second-order valence-electron chi connectivity index (χ2n) is 4.26. The molecule has 0 spiro atoms. The van der Waals surface area contributed by atoms with E-state index in [4.69, 9.17) is 4.12 Å². The van der Waals surface area contributed by atoms with Gasteiger partial charge in [0, 0.05) is 0 Å². The molecule has 1 fully saturated rings. The minimum atomic E-state index is -6.82. The Kier molecular flexibility index (Phi) is 2.81. The van der Waals surface area contributed by atoms with Gasteiger partial charge >= 0.3 is 22.6 Å². The van der Waals surface area contributed by atoms with Gasteiger partial charge in [-0.1, -0.05) is 0 Å². The van der Waals surface area contributed by atoms with Gasteiger partial charge in [0.25, 0.3) is 0 Å². The fraction of sp³-hybridized carbons (Fsp3) is 1.00. The Morgan fingerprint density at radius 2 is 1.38 bits per heavy atom. The van der Waals surface area contributed by atoms with Crippen molar-refractivity contribution in [3.8, 4) is 0 Å². The fourth-order valence-electron chi connectivity index (χ4n) is 1.43. The Morgan fingerprint density at radius 3 is 1.62 bits per heavy atom. The zero-order valence-corrected chi connectivity index (χ0v) is 11.9. The first-order valence-electron chi connectivity index (χ1n) is 4.25. The van der Waals surface area contributed by atoms with E-state index in [1.54, 1.807) is 0 Å². The van der Waals surface area contributed by atoms with Crippen LogP contribution in [0.15, 0.2) is 0 Å². The zero-order chi connectivity index (χ0) is 13.1. The molecule has 1 rings (SSSR count). The molecule has 0 unspecified atom stereocenters. The van der Waals surface area contributed by atoms with Crippen molar-refractivity contribution in [3.05, 3.63) is 0 Å². The third-order valence-electron chi connectivity index (χ3n) is 1.56. The first-order chi connectivity index (χ1) is 6.66. The largest absolute Gasteiger partial charge is 0.744 e. The number of alkyl halides is 3. The Hall–Kier alpha value is 0.214. The molecule has 1 aliphatic rings. The quantitative estimate of drug-likeness (QED) is 0.637. The van der Waals surface area contributed by atoms with Crippen LogP contribution in [0.2, 0.25) is 26.2 Å². The lowest BCUT2D eigenvalue weighted by Crippen LogP contribution is -2.68. The molecule has 0 bridgehead atoms. The lowest BCUT2D eigenvalue weighted by Gasteiger charge is -2.58. The Bertz CT molecular complexity index is 359. The minimum absolute atomic E-state index is 1.22. The van der Waals surface area contributed by atoms with Crippen molar-refractivity contribution in [1.29, 1.82) is 0 Å². The molecule has 0 aromatic carbocycles. The van der Waals surface area contributed by atoms with Crippen LogP contribution in [0.5, 0.6) is 0 Å². The van der Waals surface area contributed by atoms with Gasteiger partial charge in [0.05, 0.1) is 0 Å². The van der Waals surface area contributed by atoms with Gasteiger partial charge in [-0.2, -0.15) is 13.2 Å². The van der Waals surface area contributed by atoms with E-state index in [2.05, 4.69) is 7.74 Å². The highest BCUT2D eigenvalue weighted by molar-refractivity contribution is 8.09. The van der Waals surface area contributed by atoms with Crippen LogP contribution in [0, 0.1) is 0 Å². The third kappa shape index (κ3) is 2.39. The van der Waals surface area contributed by atoms with Crippen molar-refractivity contribution < 1.29 is 33.8 Å². The van der Waals surface area contributed by atoms with Gasteiger partial charge in [-0.15, -0.1) is 0 Å².